The van der Waals surface area contributed by atoms with Crippen molar-refractivity contribution in [2.24, 2.45) is 0 Å². The van der Waals surface area contributed by atoms with E-state index in [1.54, 1.807) is 20.1 Å². The molecule has 0 spiro atoms. The van der Waals surface area contributed by atoms with Crippen LogP contribution in [-0.2, 0) is 4.79 Å². The van der Waals surface area contributed by atoms with Gasteiger partial charge in [-0.15, -0.1) is 0 Å². The number of carbonyl (C=O) groups is 1. The summed E-state index contributed by atoms with van der Waals surface area (Å²) in [5, 5.41) is 12.0. The number of aliphatic hydroxyl groups is 1. The van der Waals surface area contributed by atoms with Crippen LogP contribution in [0.1, 0.15) is 25.8 Å². The zero-order chi connectivity index (χ0) is 14.3. The van der Waals surface area contributed by atoms with E-state index in [1.807, 2.05) is 31.2 Å². The van der Waals surface area contributed by atoms with E-state index in [2.05, 4.69) is 5.32 Å². The van der Waals surface area contributed by atoms with Crippen LogP contribution in [0.15, 0.2) is 30.3 Å². The topological polar surface area (TPSA) is 58.6 Å². The second kappa shape index (κ2) is 7.59. The molecule has 1 rings (SSSR count). The molecule has 0 aliphatic heterocycles. The number of ether oxygens (including phenoxy) is 1. The Morgan fingerprint density at radius 2 is 2.21 bits per heavy atom. The highest BCUT2D eigenvalue weighted by Gasteiger charge is 2.07. The van der Waals surface area contributed by atoms with E-state index in [4.69, 9.17) is 4.74 Å². The monoisotopic (exact) mass is 263 g/mol. The van der Waals surface area contributed by atoms with Gasteiger partial charge in [-0.3, -0.25) is 4.79 Å². The molecule has 4 heteroatoms. The van der Waals surface area contributed by atoms with Crippen LogP contribution in [0.2, 0.25) is 0 Å². The molecule has 2 N–H and O–H groups in total. The van der Waals surface area contributed by atoms with Gasteiger partial charge in [0, 0.05) is 12.1 Å². The minimum atomic E-state index is -0.419. The Labute approximate surface area is 114 Å². The summed E-state index contributed by atoms with van der Waals surface area (Å²) in [5.41, 5.74) is 0.901. The molecule has 0 saturated heterocycles. The third kappa shape index (κ3) is 6.06. The Morgan fingerprint density at radius 3 is 2.84 bits per heavy atom. The molecule has 4 nitrogen and oxygen atoms in total. The lowest BCUT2D eigenvalue weighted by Gasteiger charge is -2.13. The van der Waals surface area contributed by atoms with Crippen molar-refractivity contribution in [2.45, 2.75) is 32.4 Å². The number of benzene rings is 1. The first-order valence-corrected chi connectivity index (χ1v) is 6.32. The van der Waals surface area contributed by atoms with Crippen molar-refractivity contribution >= 4 is 12.0 Å². The summed E-state index contributed by atoms with van der Waals surface area (Å²) in [5.74, 6) is 0.584. The summed E-state index contributed by atoms with van der Waals surface area (Å²) in [6.07, 6.45) is 3.33. The van der Waals surface area contributed by atoms with Gasteiger partial charge in [0.1, 0.15) is 5.75 Å². The average molecular weight is 263 g/mol. The summed E-state index contributed by atoms with van der Waals surface area (Å²) in [6.45, 7) is 3.57. The molecule has 19 heavy (non-hydrogen) atoms. The highest BCUT2D eigenvalue weighted by molar-refractivity contribution is 5.91. The molecular formula is C15H21NO3. The molecule has 0 bridgehead atoms. The number of carbonyl (C=O) groups excluding carboxylic acids is 1. The van der Waals surface area contributed by atoms with Crippen molar-refractivity contribution in [3.8, 4) is 5.75 Å². The molecule has 0 radical (unpaired) electrons. The number of hydrogen-bond donors (Lipinski definition) is 2. The first kappa shape index (κ1) is 15.2. The quantitative estimate of drug-likeness (QED) is 0.772. The van der Waals surface area contributed by atoms with E-state index in [-0.39, 0.29) is 11.9 Å². The van der Waals surface area contributed by atoms with Crippen LogP contribution in [-0.4, -0.2) is 30.3 Å². The van der Waals surface area contributed by atoms with E-state index >= 15 is 0 Å². The Bertz CT molecular complexity index is 441. The van der Waals surface area contributed by atoms with Gasteiger partial charge in [0.15, 0.2) is 0 Å². The summed E-state index contributed by atoms with van der Waals surface area (Å²) in [6, 6.07) is 7.41. The molecule has 1 aromatic carbocycles. The molecule has 0 heterocycles. The summed E-state index contributed by atoms with van der Waals surface area (Å²) in [7, 11) is 1.60. The maximum atomic E-state index is 11.7. The predicted molar refractivity (Wildman–Crippen MR) is 75.9 cm³/mol. The normalized spacial score (nSPS) is 14.1. The van der Waals surface area contributed by atoms with Crippen molar-refractivity contribution in [3.05, 3.63) is 35.9 Å². The molecule has 1 aromatic rings. The minimum absolute atomic E-state index is 0.0533. The van der Waals surface area contributed by atoms with Crippen LogP contribution >= 0.6 is 0 Å². The lowest BCUT2D eigenvalue weighted by atomic mass is 10.1. The summed E-state index contributed by atoms with van der Waals surface area (Å²) >= 11 is 0. The standard InChI is InChI=1S/C15H21NO3/c1-11(9-12(2)17)16-15(18)8-7-13-5-4-6-14(10-13)19-3/h4-8,10-12,17H,9H2,1-3H3,(H,16,18)/b8-7+. The van der Waals surface area contributed by atoms with E-state index in [1.165, 1.54) is 6.08 Å². The van der Waals surface area contributed by atoms with Gasteiger partial charge in [-0.25, -0.2) is 0 Å². The second-order valence-corrected chi connectivity index (χ2v) is 4.60. The van der Waals surface area contributed by atoms with E-state index in [0.29, 0.717) is 6.42 Å². The maximum absolute atomic E-state index is 11.7. The lowest BCUT2D eigenvalue weighted by Crippen LogP contribution is -2.33. The van der Waals surface area contributed by atoms with Crippen LogP contribution in [0.25, 0.3) is 6.08 Å². The molecule has 0 saturated carbocycles. The van der Waals surface area contributed by atoms with Gasteiger partial charge in [0.05, 0.1) is 13.2 Å². The summed E-state index contributed by atoms with van der Waals surface area (Å²) in [4.78, 5) is 11.7. The van der Waals surface area contributed by atoms with E-state index in [0.717, 1.165) is 11.3 Å². The van der Waals surface area contributed by atoms with Crippen molar-refractivity contribution in [1.29, 1.82) is 0 Å². The van der Waals surface area contributed by atoms with Gasteiger partial charge in [0.2, 0.25) is 5.91 Å². The largest absolute Gasteiger partial charge is 0.497 e. The molecule has 0 aromatic heterocycles. The molecule has 1 amide bonds. The predicted octanol–water partition coefficient (Wildman–Crippen LogP) is 1.98. The smallest absolute Gasteiger partial charge is 0.244 e. The Hall–Kier alpha value is -1.81. The van der Waals surface area contributed by atoms with Crippen molar-refractivity contribution in [2.75, 3.05) is 7.11 Å². The first-order chi connectivity index (χ1) is 9.01. The van der Waals surface area contributed by atoms with E-state index < -0.39 is 6.10 Å². The number of hydrogen-bond acceptors (Lipinski definition) is 3. The fourth-order valence-electron chi connectivity index (χ4n) is 1.78. The fourth-order valence-corrected chi connectivity index (χ4v) is 1.78. The van der Waals surface area contributed by atoms with Crippen molar-refractivity contribution in [1.82, 2.24) is 5.32 Å². The van der Waals surface area contributed by atoms with Crippen LogP contribution in [0.4, 0.5) is 0 Å². The van der Waals surface area contributed by atoms with Crippen LogP contribution in [0.3, 0.4) is 0 Å². The highest BCUT2D eigenvalue weighted by atomic mass is 16.5. The number of amides is 1. The molecule has 2 atom stereocenters. The third-order valence-corrected chi connectivity index (χ3v) is 2.60. The van der Waals surface area contributed by atoms with Gasteiger partial charge in [-0.2, -0.15) is 0 Å². The SMILES string of the molecule is COc1cccc(/C=C/C(=O)NC(C)CC(C)O)c1. The Morgan fingerprint density at radius 1 is 1.47 bits per heavy atom. The lowest BCUT2D eigenvalue weighted by molar-refractivity contribution is -0.117. The summed E-state index contributed by atoms with van der Waals surface area (Å²) < 4.78 is 5.11. The molecule has 0 aliphatic carbocycles. The van der Waals surface area contributed by atoms with Crippen LogP contribution < -0.4 is 10.1 Å². The zero-order valence-corrected chi connectivity index (χ0v) is 11.6. The number of nitrogens with one attached hydrogen (secondary N) is 1. The van der Waals surface area contributed by atoms with E-state index in [9.17, 15) is 9.90 Å². The van der Waals surface area contributed by atoms with Crippen LogP contribution in [0.5, 0.6) is 5.75 Å². The van der Waals surface area contributed by atoms with Gasteiger partial charge in [0.25, 0.3) is 0 Å². The fraction of sp³-hybridized carbons (Fsp3) is 0.400. The highest BCUT2D eigenvalue weighted by Crippen LogP contribution is 2.13. The average Bonchev–Trinajstić information content (AvgIpc) is 2.35. The van der Waals surface area contributed by atoms with Crippen molar-refractivity contribution in [3.63, 3.8) is 0 Å². The Kier molecular flexibility index (Phi) is 6.09. The van der Waals surface area contributed by atoms with Gasteiger partial charge in [-0.1, -0.05) is 12.1 Å². The molecule has 104 valence electrons. The molecule has 0 fully saturated rings. The third-order valence-electron chi connectivity index (χ3n) is 2.60. The van der Waals surface area contributed by atoms with Gasteiger partial charge in [-0.05, 0) is 44.0 Å². The molecule has 0 aliphatic rings. The number of rotatable bonds is 6. The van der Waals surface area contributed by atoms with Gasteiger partial charge < -0.3 is 15.2 Å². The number of aliphatic hydroxyl groups excluding tert-OH is 1. The maximum Gasteiger partial charge on any atom is 0.244 e. The number of methoxy groups -OCH3 is 1. The first-order valence-electron chi connectivity index (χ1n) is 6.32. The zero-order valence-electron chi connectivity index (χ0n) is 11.6. The van der Waals surface area contributed by atoms with Crippen LogP contribution in [0, 0.1) is 0 Å². The Balaban J connectivity index is 2.53. The molecular weight excluding hydrogens is 242 g/mol. The second-order valence-electron chi connectivity index (χ2n) is 4.60. The minimum Gasteiger partial charge on any atom is -0.497 e. The molecule has 2 unspecified atom stereocenters. The van der Waals surface area contributed by atoms with Crippen molar-refractivity contribution < 1.29 is 14.6 Å². The van der Waals surface area contributed by atoms with Gasteiger partial charge >= 0.3 is 0 Å².